The minimum absolute atomic E-state index is 0.0460. The van der Waals surface area contributed by atoms with E-state index in [2.05, 4.69) is 14.9 Å². The van der Waals surface area contributed by atoms with Crippen molar-refractivity contribution in [3.8, 4) is 11.4 Å². The Kier molecular flexibility index (Phi) is 6.54. The van der Waals surface area contributed by atoms with Crippen LogP contribution in [-0.4, -0.2) is 53.8 Å². The Morgan fingerprint density at radius 2 is 2.00 bits per heavy atom. The Balaban J connectivity index is 1.31. The molecule has 4 aromatic rings. The Bertz CT molecular complexity index is 1490. The first-order valence-electron chi connectivity index (χ1n) is 11.8. The average Bonchev–Trinajstić information content (AvgIpc) is 3.57. The van der Waals surface area contributed by atoms with Gasteiger partial charge in [0.25, 0.3) is 0 Å². The highest BCUT2D eigenvalue weighted by molar-refractivity contribution is 7.89. The first-order valence-corrected chi connectivity index (χ1v) is 13.2. The maximum Gasteiger partial charge on any atom is 0.244 e. The van der Waals surface area contributed by atoms with Crippen molar-refractivity contribution in [1.29, 1.82) is 0 Å². The van der Waals surface area contributed by atoms with Gasteiger partial charge in [0.15, 0.2) is 0 Å². The van der Waals surface area contributed by atoms with E-state index < -0.39 is 16.1 Å². The second-order valence-electron chi connectivity index (χ2n) is 9.02. The third kappa shape index (κ3) is 4.61. The fourth-order valence-corrected chi connectivity index (χ4v) is 6.25. The largest absolute Gasteiger partial charge is 0.491 e. The van der Waals surface area contributed by atoms with Crippen molar-refractivity contribution >= 4 is 20.9 Å². The first kappa shape index (κ1) is 24.4. The molecule has 1 N–H and O–H groups in total. The Morgan fingerprint density at radius 1 is 1.22 bits per heavy atom. The highest BCUT2D eigenvalue weighted by Gasteiger charge is 2.30. The molecule has 9 nitrogen and oxygen atoms in total. The molecule has 1 fully saturated rings. The molecule has 36 heavy (non-hydrogen) atoms. The van der Waals surface area contributed by atoms with Crippen LogP contribution in [0.25, 0.3) is 16.6 Å². The molecule has 3 heterocycles. The molecule has 0 bridgehead atoms. The van der Waals surface area contributed by atoms with Crippen molar-refractivity contribution in [2.75, 3.05) is 19.8 Å². The van der Waals surface area contributed by atoms with Crippen molar-refractivity contribution in [1.82, 2.24) is 24.3 Å². The summed E-state index contributed by atoms with van der Waals surface area (Å²) in [6, 6.07) is 11.1. The molecule has 0 unspecified atom stereocenters. The molecule has 1 aliphatic heterocycles. The van der Waals surface area contributed by atoms with Gasteiger partial charge >= 0.3 is 0 Å². The van der Waals surface area contributed by atoms with Crippen LogP contribution in [-0.2, 0) is 14.8 Å². The third-order valence-electron chi connectivity index (χ3n) is 6.27. The maximum absolute atomic E-state index is 13.3. The first-order chi connectivity index (χ1) is 17.2. The number of halogens is 1. The number of aryl methyl sites for hydroxylation is 1. The highest BCUT2D eigenvalue weighted by Crippen LogP contribution is 2.28. The van der Waals surface area contributed by atoms with Gasteiger partial charge in [0, 0.05) is 6.61 Å². The molecular weight excluding hydrogens is 485 g/mol. The number of aromatic nitrogens is 4. The van der Waals surface area contributed by atoms with Crippen LogP contribution in [0.2, 0.25) is 0 Å². The zero-order valence-electron chi connectivity index (χ0n) is 20.3. The Hall–Kier alpha value is -3.28. The second-order valence-corrected chi connectivity index (χ2v) is 10.7. The molecule has 2 atom stereocenters. The van der Waals surface area contributed by atoms with Gasteiger partial charge in [-0.25, -0.2) is 22.2 Å². The van der Waals surface area contributed by atoms with Crippen molar-refractivity contribution in [2.45, 2.75) is 44.2 Å². The number of sulfonamides is 1. The number of hydrogen-bond acceptors (Lipinski definition) is 6. The van der Waals surface area contributed by atoms with E-state index in [1.807, 2.05) is 18.2 Å². The van der Waals surface area contributed by atoms with Crippen LogP contribution in [0.15, 0.2) is 53.6 Å². The quantitative estimate of drug-likeness (QED) is 0.386. The molecule has 2 aromatic heterocycles. The van der Waals surface area contributed by atoms with Crippen molar-refractivity contribution in [3.63, 3.8) is 0 Å². The topological polar surface area (TPSA) is 100 Å². The summed E-state index contributed by atoms with van der Waals surface area (Å²) in [5.74, 6) is 0.259. The summed E-state index contributed by atoms with van der Waals surface area (Å²) in [4.78, 5) is 0.198. The zero-order valence-corrected chi connectivity index (χ0v) is 21.1. The van der Waals surface area contributed by atoms with Gasteiger partial charge in [-0.1, -0.05) is 6.07 Å². The lowest BCUT2D eigenvalue weighted by Gasteiger charge is -2.16. The summed E-state index contributed by atoms with van der Waals surface area (Å²) in [7, 11) is -3.81. The number of hydrogen-bond donors (Lipinski definition) is 1. The minimum atomic E-state index is -3.81. The minimum Gasteiger partial charge on any atom is -0.491 e. The predicted octanol–water partition coefficient (Wildman–Crippen LogP) is 3.69. The number of rotatable bonds is 8. The third-order valence-corrected chi connectivity index (χ3v) is 8.11. The van der Waals surface area contributed by atoms with Gasteiger partial charge in [-0.2, -0.15) is 10.2 Å². The van der Waals surface area contributed by atoms with E-state index in [0.717, 1.165) is 23.0 Å². The Morgan fingerprint density at radius 3 is 2.72 bits per heavy atom. The number of benzene rings is 2. The van der Waals surface area contributed by atoms with Crippen molar-refractivity contribution < 1.29 is 22.3 Å². The number of ether oxygens (including phenoxy) is 2. The van der Waals surface area contributed by atoms with Crippen molar-refractivity contribution in [2.24, 2.45) is 0 Å². The lowest BCUT2D eigenvalue weighted by molar-refractivity contribution is 0.184. The van der Waals surface area contributed by atoms with Crippen LogP contribution in [0.5, 0.6) is 5.75 Å². The molecule has 0 spiro atoms. The molecular formula is C25H28FN5O4S. The molecule has 190 valence electrons. The monoisotopic (exact) mass is 513 g/mol. The van der Waals surface area contributed by atoms with E-state index >= 15 is 0 Å². The summed E-state index contributed by atoms with van der Waals surface area (Å²) >= 11 is 0. The smallest absolute Gasteiger partial charge is 0.244 e. The lowest BCUT2D eigenvalue weighted by Crippen LogP contribution is -2.37. The molecule has 5 rings (SSSR count). The lowest BCUT2D eigenvalue weighted by atomic mass is 10.2. The summed E-state index contributed by atoms with van der Waals surface area (Å²) in [5.41, 5.74) is 2.57. The van der Waals surface area contributed by atoms with Crippen LogP contribution in [0.1, 0.15) is 30.8 Å². The molecule has 0 amide bonds. The average molecular weight is 514 g/mol. The number of fused-ring (bicyclic) bond motifs is 1. The number of nitrogens with zero attached hydrogens (tertiary/aromatic N) is 4. The Labute approximate surface area is 208 Å². The molecule has 1 aliphatic rings. The van der Waals surface area contributed by atoms with Gasteiger partial charge in [0.1, 0.15) is 23.1 Å². The molecule has 11 heteroatoms. The van der Waals surface area contributed by atoms with Gasteiger partial charge < -0.3 is 9.47 Å². The van der Waals surface area contributed by atoms with Gasteiger partial charge in [-0.3, -0.25) is 4.68 Å². The van der Waals surface area contributed by atoms with Gasteiger partial charge in [0.05, 0.1) is 52.9 Å². The normalized spacial score (nSPS) is 17.1. The van der Waals surface area contributed by atoms with E-state index in [1.165, 1.54) is 12.1 Å². The van der Waals surface area contributed by atoms with Crippen LogP contribution >= 0.6 is 0 Å². The van der Waals surface area contributed by atoms with E-state index in [-0.39, 0.29) is 23.4 Å². The second kappa shape index (κ2) is 9.64. The number of nitrogens with one attached hydrogen (secondary N) is 1. The van der Waals surface area contributed by atoms with Crippen LogP contribution in [0.3, 0.4) is 0 Å². The molecule has 2 aromatic carbocycles. The van der Waals surface area contributed by atoms with Gasteiger partial charge in [0.2, 0.25) is 10.0 Å². The molecule has 1 saturated heterocycles. The fourth-order valence-electron chi connectivity index (χ4n) is 4.62. The predicted molar refractivity (Wildman–Crippen MR) is 132 cm³/mol. The van der Waals surface area contributed by atoms with E-state index in [0.29, 0.717) is 30.4 Å². The van der Waals surface area contributed by atoms with Gasteiger partial charge in [-0.05, 0) is 63.6 Å². The SMILES string of the molecule is Cc1nn([C@@H]2CCOC2)c(C)c1S(=O)(=O)N[C@@H](C)COc1cccc2c1cnn2-c1ccc(F)cc1. The van der Waals surface area contributed by atoms with Crippen LogP contribution in [0.4, 0.5) is 4.39 Å². The van der Waals surface area contributed by atoms with Crippen LogP contribution in [0, 0.1) is 19.7 Å². The van der Waals surface area contributed by atoms with E-state index in [4.69, 9.17) is 9.47 Å². The van der Waals surface area contributed by atoms with Gasteiger partial charge in [-0.15, -0.1) is 0 Å². The maximum atomic E-state index is 13.3. The summed E-state index contributed by atoms with van der Waals surface area (Å²) in [6.07, 6.45) is 2.49. The molecule has 0 radical (unpaired) electrons. The van der Waals surface area contributed by atoms with Crippen LogP contribution < -0.4 is 9.46 Å². The zero-order chi connectivity index (χ0) is 25.4. The standard InChI is InChI=1S/C25H28FN5O4S/c1-16(29-36(32,33)25-17(2)28-30(18(25)3)21-11-12-34-15-21)14-35-24-6-4-5-23-22(24)13-27-31(23)20-9-7-19(26)8-10-20/h4-10,13,16,21,29H,11-12,14-15H2,1-3H3/t16-,21+/m0/s1. The van der Waals surface area contributed by atoms with E-state index in [1.54, 1.807) is 48.5 Å². The molecule has 0 aliphatic carbocycles. The summed E-state index contributed by atoms with van der Waals surface area (Å²) in [6.45, 7) is 6.51. The molecule has 0 saturated carbocycles. The summed E-state index contributed by atoms with van der Waals surface area (Å²) in [5, 5.41) is 9.67. The summed E-state index contributed by atoms with van der Waals surface area (Å²) < 4.78 is 57.4. The highest BCUT2D eigenvalue weighted by atomic mass is 32.2. The fraction of sp³-hybridized carbons (Fsp3) is 0.360. The van der Waals surface area contributed by atoms with E-state index in [9.17, 15) is 12.8 Å². The van der Waals surface area contributed by atoms with Crippen molar-refractivity contribution in [3.05, 3.63) is 65.9 Å².